The second-order valence-electron chi connectivity index (χ2n) is 11.7. The monoisotopic (exact) mass is 446 g/mol. The Balaban J connectivity index is 1.16. The molecule has 0 unspecified atom stereocenters. The van der Waals surface area contributed by atoms with Crippen molar-refractivity contribution >= 4 is 0 Å². The van der Waals surface area contributed by atoms with Crippen molar-refractivity contribution in [2.45, 2.75) is 140 Å². The maximum absolute atomic E-state index is 6.74. The molecular formula is C28H50N2O2. The molecule has 32 heavy (non-hydrogen) atoms. The molecule has 5 heterocycles. The van der Waals surface area contributed by atoms with Gasteiger partial charge >= 0.3 is 0 Å². The van der Waals surface area contributed by atoms with Gasteiger partial charge in [0.05, 0.1) is 12.2 Å². The number of hydrogen-bond acceptors (Lipinski definition) is 4. The van der Waals surface area contributed by atoms with E-state index in [-0.39, 0.29) is 0 Å². The van der Waals surface area contributed by atoms with Gasteiger partial charge in [-0.3, -0.25) is 9.80 Å². The average molecular weight is 447 g/mol. The van der Waals surface area contributed by atoms with Gasteiger partial charge in [0.15, 0.2) is 0 Å². The fraction of sp³-hybridized carbons (Fsp3) is 1.00. The largest absolute Gasteiger partial charge is 0.360 e. The fourth-order valence-electron chi connectivity index (χ4n) is 7.53. The van der Waals surface area contributed by atoms with Gasteiger partial charge in [0, 0.05) is 26.2 Å². The van der Waals surface area contributed by atoms with Gasteiger partial charge in [0.25, 0.3) is 0 Å². The molecule has 5 rings (SSSR count). The maximum Gasteiger partial charge on any atom is 0.113 e. The Hall–Kier alpha value is -0.160. The second-order valence-corrected chi connectivity index (χ2v) is 11.7. The van der Waals surface area contributed by atoms with Gasteiger partial charge < -0.3 is 9.47 Å². The molecule has 5 saturated heterocycles. The lowest BCUT2D eigenvalue weighted by Gasteiger charge is -2.47. The summed E-state index contributed by atoms with van der Waals surface area (Å²) >= 11 is 0. The summed E-state index contributed by atoms with van der Waals surface area (Å²) in [6.45, 7) is 5.11. The highest BCUT2D eigenvalue weighted by Crippen LogP contribution is 2.36. The third kappa shape index (κ3) is 6.09. The van der Waals surface area contributed by atoms with Crippen LogP contribution in [0.3, 0.4) is 0 Å². The molecule has 4 heteroatoms. The van der Waals surface area contributed by atoms with Gasteiger partial charge in [-0.05, 0) is 76.0 Å². The summed E-state index contributed by atoms with van der Waals surface area (Å²) in [6.07, 6.45) is 26.5. The molecule has 4 nitrogen and oxygen atoms in total. The average Bonchev–Trinajstić information content (AvgIpc) is 2.83. The molecule has 0 aliphatic carbocycles. The number of nitrogens with zero attached hydrogens (tertiary/aromatic N) is 2. The number of hydrogen-bond donors (Lipinski definition) is 0. The van der Waals surface area contributed by atoms with E-state index in [2.05, 4.69) is 9.80 Å². The lowest BCUT2D eigenvalue weighted by Crippen LogP contribution is -2.53. The SMILES string of the molecule is C1CCC[C@H]2CCCN3CC[C@H](CCCCCC[C@H]4CCCN5CC[C@H](CC1)O[C@H]45)O[C@@H]23. The zero-order chi connectivity index (χ0) is 21.6. The van der Waals surface area contributed by atoms with Crippen molar-refractivity contribution in [3.8, 4) is 0 Å². The minimum absolute atomic E-state index is 0.440. The van der Waals surface area contributed by atoms with Crippen LogP contribution in [0.25, 0.3) is 0 Å². The van der Waals surface area contributed by atoms with Crippen LogP contribution in [-0.2, 0) is 9.47 Å². The highest BCUT2D eigenvalue weighted by molar-refractivity contribution is 4.85. The van der Waals surface area contributed by atoms with Crippen LogP contribution in [0.15, 0.2) is 0 Å². The van der Waals surface area contributed by atoms with E-state index in [1.807, 2.05) is 0 Å². The molecule has 184 valence electrons. The van der Waals surface area contributed by atoms with Crippen LogP contribution < -0.4 is 0 Å². The van der Waals surface area contributed by atoms with Crippen molar-refractivity contribution in [2.75, 3.05) is 26.2 Å². The van der Waals surface area contributed by atoms with Crippen LogP contribution >= 0.6 is 0 Å². The van der Waals surface area contributed by atoms with Crippen molar-refractivity contribution in [1.82, 2.24) is 9.80 Å². The molecule has 0 N–H and O–H groups in total. The molecule has 0 aromatic heterocycles. The van der Waals surface area contributed by atoms with E-state index in [4.69, 9.17) is 9.47 Å². The highest BCUT2D eigenvalue weighted by atomic mass is 16.5. The highest BCUT2D eigenvalue weighted by Gasteiger charge is 2.38. The van der Waals surface area contributed by atoms with Gasteiger partial charge in [0.2, 0.25) is 0 Å². The summed E-state index contributed by atoms with van der Waals surface area (Å²) in [7, 11) is 0. The van der Waals surface area contributed by atoms with Crippen molar-refractivity contribution in [1.29, 1.82) is 0 Å². The third-order valence-electron chi connectivity index (χ3n) is 9.41. The zero-order valence-corrected chi connectivity index (χ0v) is 20.7. The van der Waals surface area contributed by atoms with Gasteiger partial charge in [0.1, 0.15) is 12.5 Å². The van der Waals surface area contributed by atoms with Crippen LogP contribution in [0, 0.1) is 11.8 Å². The van der Waals surface area contributed by atoms with E-state index in [0.717, 1.165) is 11.8 Å². The summed E-state index contributed by atoms with van der Waals surface area (Å²) in [5.41, 5.74) is 0. The predicted octanol–water partition coefficient (Wildman–Crippen LogP) is 6.34. The first-order chi connectivity index (χ1) is 15.9. The smallest absolute Gasteiger partial charge is 0.113 e. The molecule has 0 aromatic carbocycles. The van der Waals surface area contributed by atoms with E-state index in [1.165, 1.54) is 142 Å². The van der Waals surface area contributed by atoms with Gasteiger partial charge in [-0.1, -0.05) is 51.4 Å². The van der Waals surface area contributed by atoms with Crippen LogP contribution in [0.4, 0.5) is 0 Å². The standard InChI is InChI=1S/C28H50N2O2/c1-3-7-15-25-17-21-30-20-10-14-24(28(30)31-25)12-6-2-4-8-16-26-18-22-29-19-9-13-23(11-5-1)27(29)32-26/h23-28H,1-22H2/t23-,24-,25-,26-,27-,28+/m0/s1. The second kappa shape index (κ2) is 12.0. The van der Waals surface area contributed by atoms with E-state index >= 15 is 0 Å². The molecule has 4 bridgehead atoms. The quantitative estimate of drug-likeness (QED) is 0.434. The summed E-state index contributed by atoms with van der Waals surface area (Å²) in [4.78, 5) is 5.36. The lowest BCUT2D eigenvalue weighted by atomic mass is 9.87. The molecule has 0 amide bonds. The van der Waals surface area contributed by atoms with E-state index < -0.39 is 0 Å². The topological polar surface area (TPSA) is 24.9 Å². The summed E-state index contributed by atoms with van der Waals surface area (Å²) in [6, 6.07) is 0. The molecular weight excluding hydrogens is 396 g/mol. The number of ether oxygens (including phenoxy) is 2. The van der Waals surface area contributed by atoms with Gasteiger partial charge in [-0.15, -0.1) is 0 Å². The summed E-state index contributed by atoms with van der Waals surface area (Å²) < 4.78 is 13.5. The Morgan fingerprint density at radius 3 is 1.25 bits per heavy atom. The maximum atomic E-state index is 6.74. The number of piperidine rings is 2. The Morgan fingerprint density at radius 1 is 0.375 bits per heavy atom. The molecule has 5 aliphatic rings. The molecule has 0 saturated carbocycles. The Kier molecular flexibility index (Phi) is 8.84. The van der Waals surface area contributed by atoms with Crippen LogP contribution in [0.2, 0.25) is 0 Å². The predicted molar refractivity (Wildman–Crippen MR) is 131 cm³/mol. The minimum Gasteiger partial charge on any atom is -0.360 e. The normalized spacial score (nSPS) is 41.6. The van der Waals surface area contributed by atoms with Gasteiger partial charge in [-0.2, -0.15) is 0 Å². The summed E-state index contributed by atoms with van der Waals surface area (Å²) in [5, 5.41) is 0. The summed E-state index contributed by atoms with van der Waals surface area (Å²) in [5.74, 6) is 1.57. The van der Waals surface area contributed by atoms with Crippen molar-refractivity contribution < 1.29 is 9.47 Å². The van der Waals surface area contributed by atoms with Gasteiger partial charge in [-0.25, -0.2) is 0 Å². The molecule has 5 aliphatic heterocycles. The van der Waals surface area contributed by atoms with Crippen LogP contribution in [0.1, 0.15) is 116 Å². The Morgan fingerprint density at radius 2 is 0.781 bits per heavy atom. The first kappa shape index (κ1) is 23.6. The molecule has 0 spiro atoms. The van der Waals surface area contributed by atoms with E-state index in [9.17, 15) is 0 Å². The third-order valence-corrected chi connectivity index (χ3v) is 9.41. The fourth-order valence-corrected chi connectivity index (χ4v) is 7.53. The zero-order valence-electron chi connectivity index (χ0n) is 20.7. The minimum atomic E-state index is 0.440. The van der Waals surface area contributed by atoms with Crippen LogP contribution in [-0.4, -0.2) is 60.6 Å². The van der Waals surface area contributed by atoms with E-state index in [0.29, 0.717) is 24.7 Å². The number of fused-ring (bicyclic) bond motifs is 2. The molecule has 6 atom stereocenters. The van der Waals surface area contributed by atoms with Crippen LogP contribution in [0.5, 0.6) is 0 Å². The number of rotatable bonds is 0. The van der Waals surface area contributed by atoms with Crippen molar-refractivity contribution in [3.63, 3.8) is 0 Å². The molecule has 0 radical (unpaired) electrons. The van der Waals surface area contributed by atoms with Crippen molar-refractivity contribution in [2.24, 2.45) is 11.8 Å². The first-order valence-electron chi connectivity index (χ1n) is 14.7. The Bertz CT molecular complexity index is 510. The Labute approximate surface area is 197 Å². The van der Waals surface area contributed by atoms with E-state index in [1.54, 1.807) is 0 Å². The molecule has 5 fully saturated rings. The first-order valence-corrected chi connectivity index (χ1v) is 14.7. The van der Waals surface area contributed by atoms with Crippen molar-refractivity contribution in [3.05, 3.63) is 0 Å². The molecule has 0 aromatic rings. The lowest BCUT2D eigenvalue weighted by molar-refractivity contribution is -0.183.